The molecule has 0 amide bonds. The van der Waals surface area contributed by atoms with Gasteiger partial charge >= 0.3 is 0 Å². The topological polar surface area (TPSA) is 67.3 Å². The van der Waals surface area contributed by atoms with E-state index in [-0.39, 0.29) is 0 Å². The first-order valence-corrected chi connectivity index (χ1v) is 37.1. The van der Waals surface area contributed by atoms with Gasteiger partial charge in [0, 0.05) is 60.2 Å². The normalized spacial score (nSPS) is 12.1. The highest BCUT2D eigenvalue weighted by Crippen LogP contribution is 2.46. The molecule has 0 radical (unpaired) electrons. The van der Waals surface area contributed by atoms with Crippen molar-refractivity contribution in [2.45, 2.75) is 26.7 Å². The molecule has 0 aliphatic heterocycles. The number of hydrogen-bond donors (Lipinski definition) is 0. The van der Waals surface area contributed by atoms with Gasteiger partial charge in [-0.25, -0.2) is 0 Å². The van der Waals surface area contributed by atoms with E-state index in [4.69, 9.17) is 0 Å². The molecule has 21 rings (SSSR count). The highest BCUT2D eigenvalue weighted by Gasteiger charge is 2.24. The van der Waals surface area contributed by atoms with Crippen molar-refractivity contribution < 1.29 is 0 Å². The lowest BCUT2D eigenvalue weighted by Gasteiger charge is -2.20. The number of aryl methyl sites for hydroxylation is 2. The smallest absolute Gasteiger partial charge is 0.101 e. The van der Waals surface area contributed by atoms with Crippen LogP contribution in [0.1, 0.15) is 33.4 Å². The number of fused-ring (bicyclic) bond motifs is 13. The molecule has 4 heterocycles. The molecule has 0 saturated heterocycles. The maximum Gasteiger partial charge on any atom is 0.101 e. The van der Waals surface area contributed by atoms with Crippen LogP contribution in [0.4, 0.5) is 0 Å². The SMILES string of the molecule is Cc1c(-c2ccccc2)cccc1-c1cc(-c2cccc(-c3cc(-c4ccccc4)cc(-n4c5ccccc5c5cc(-c6ccc7c(c6)c6ccccc6n7-c6ccc(C#N)cc6C#N)ccc54)c3)c2C)cc(-n2c3ccccc3c3cc(-c4ccc5c(c4)c4ccccc4n5-c4ccc5c(c4)CC5)ccc32)c1. The van der Waals surface area contributed by atoms with E-state index in [1.54, 1.807) is 12.1 Å². The maximum atomic E-state index is 10.4. The lowest BCUT2D eigenvalue weighted by Crippen LogP contribution is -2.09. The van der Waals surface area contributed by atoms with Crippen molar-refractivity contribution in [2.24, 2.45) is 0 Å². The molecule has 1 aliphatic rings. The molecular formula is C102H66N6. The van der Waals surface area contributed by atoms with Gasteiger partial charge in [-0.15, -0.1) is 0 Å². The Labute approximate surface area is 624 Å². The number of para-hydroxylation sites is 4. The third kappa shape index (κ3) is 9.85. The van der Waals surface area contributed by atoms with Gasteiger partial charge in [-0.1, -0.05) is 200 Å². The number of rotatable bonds is 11. The van der Waals surface area contributed by atoms with Gasteiger partial charge in [0.05, 0.1) is 67.0 Å². The van der Waals surface area contributed by atoms with Crippen molar-refractivity contribution in [3.8, 4) is 113 Å². The van der Waals surface area contributed by atoms with E-state index < -0.39 is 0 Å². The van der Waals surface area contributed by atoms with Crippen LogP contribution in [0.25, 0.3) is 188 Å². The molecule has 20 aromatic rings. The number of nitrogens with zero attached hydrogens (tertiary/aromatic N) is 6. The Kier molecular flexibility index (Phi) is 14.2. The third-order valence-corrected chi connectivity index (χ3v) is 23.1. The summed E-state index contributed by atoms with van der Waals surface area (Å²) >= 11 is 0. The van der Waals surface area contributed by atoms with Crippen LogP contribution in [0.2, 0.25) is 0 Å². The Bertz CT molecular complexity index is 7280. The second-order valence-corrected chi connectivity index (χ2v) is 29.0. The largest absolute Gasteiger partial charge is 0.309 e. The molecule has 16 aromatic carbocycles. The fourth-order valence-corrected chi connectivity index (χ4v) is 17.8. The fourth-order valence-electron chi connectivity index (χ4n) is 17.8. The van der Waals surface area contributed by atoms with Gasteiger partial charge in [0.2, 0.25) is 0 Å². The summed E-state index contributed by atoms with van der Waals surface area (Å²) in [5.74, 6) is 0. The molecular weight excluding hydrogens is 1310 g/mol. The third-order valence-electron chi connectivity index (χ3n) is 23.1. The van der Waals surface area contributed by atoms with Crippen LogP contribution in [0.3, 0.4) is 0 Å². The molecule has 6 heteroatoms. The van der Waals surface area contributed by atoms with Gasteiger partial charge in [-0.3, -0.25) is 0 Å². The van der Waals surface area contributed by atoms with Gasteiger partial charge in [0.1, 0.15) is 6.07 Å². The monoisotopic (exact) mass is 1370 g/mol. The molecule has 4 aromatic heterocycles. The summed E-state index contributed by atoms with van der Waals surface area (Å²) < 4.78 is 9.55. The van der Waals surface area contributed by atoms with Crippen molar-refractivity contribution in [1.29, 1.82) is 10.5 Å². The second kappa shape index (κ2) is 24.7. The molecule has 0 N–H and O–H groups in total. The molecule has 0 spiro atoms. The highest BCUT2D eigenvalue weighted by molar-refractivity contribution is 6.15. The number of aromatic nitrogens is 4. The standard InChI is InChI=1S/C102H66N6/c1-63-82(68-21-7-4-8-22-68)27-17-28-83(63)76-51-77(56-81(55-76)107-97-33-15-11-25-88(97)92-58-71(41-47-101(92)107)70-39-45-99-90(57-70)86-23-9-13-31-95(86)105(99)79-43-38-67-36-37-69(67)52-79)85-30-18-29-84(64(85)2)75-50-74(66-19-5-3-6-20-66)53-80(54-75)106-96-32-14-10-24-87(96)91-59-72(40-46-100(91)106)73-42-48-102-93(60-73)89-26-12-16-34-98(89)108(102)94-44-35-65(61-103)49-78(94)62-104/h3-35,38-60H,36-37H2,1-2H3. The van der Waals surface area contributed by atoms with Crippen LogP contribution in [0.5, 0.6) is 0 Å². The minimum absolute atomic E-state index is 0.452. The first-order valence-electron chi connectivity index (χ1n) is 37.1. The molecule has 108 heavy (non-hydrogen) atoms. The molecule has 1 aliphatic carbocycles. The Morgan fingerprint density at radius 2 is 0.602 bits per heavy atom. The Balaban J connectivity index is 0.707. The van der Waals surface area contributed by atoms with E-state index in [1.807, 2.05) is 12.1 Å². The van der Waals surface area contributed by atoms with Crippen LogP contribution >= 0.6 is 0 Å². The fraction of sp³-hybridized carbons (Fsp3) is 0.0392. The zero-order valence-corrected chi connectivity index (χ0v) is 59.4. The minimum Gasteiger partial charge on any atom is -0.309 e. The molecule has 0 saturated carbocycles. The number of hydrogen-bond acceptors (Lipinski definition) is 2. The lowest BCUT2D eigenvalue weighted by atomic mass is 9.88. The average molecular weight is 1380 g/mol. The van der Waals surface area contributed by atoms with E-state index in [0.29, 0.717) is 11.1 Å². The summed E-state index contributed by atoms with van der Waals surface area (Å²) in [5.41, 5.74) is 35.5. The van der Waals surface area contributed by atoms with Gasteiger partial charge in [0.15, 0.2) is 0 Å². The zero-order chi connectivity index (χ0) is 71.8. The lowest BCUT2D eigenvalue weighted by molar-refractivity contribution is 0.836. The van der Waals surface area contributed by atoms with Crippen LogP contribution in [0, 0.1) is 36.5 Å². The number of nitriles is 2. The second-order valence-electron chi connectivity index (χ2n) is 29.0. The van der Waals surface area contributed by atoms with Crippen molar-refractivity contribution >= 4 is 87.2 Å². The summed E-state index contributed by atoms with van der Waals surface area (Å²) in [4.78, 5) is 0. The quantitative estimate of drug-likeness (QED) is 0.129. The zero-order valence-electron chi connectivity index (χ0n) is 59.4. The Hall–Kier alpha value is -14.3. The van der Waals surface area contributed by atoms with Crippen molar-refractivity contribution in [2.75, 3.05) is 0 Å². The van der Waals surface area contributed by atoms with Crippen molar-refractivity contribution in [3.63, 3.8) is 0 Å². The summed E-state index contributed by atoms with van der Waals surface area (Å²) in [6.07, 6.45) is 2.31. The van der Waals surface area contributed by atoms with Crippen LogP contribution in [0.15, 0.2) is 340 Å². The molecule has 0 fully saturated rings. The summed E-state index contributed by atoms with van der Waals surface area (Å²) in [6.45, 7) is 4.59. The van der Waals surface area contributed by atoms with E-state index >= 15 is 0 Å². The first-order chi connectivity index (χ1) is 53.3. The molecule has 0 bridgehead atoms. The maximum absolute atomic E-state index is 10.4. The van der Waals surface area contributed by atoms with Crippen LogP contribution < -0.4 is 0 Å². The molecule has 6 nitrogen and oxygen atoms in total. The molecule has 0 unspecified atom stereocenters. The molecule has 0 atom stereocenters. The van der Waals surface area contributed by atoms with Gasteiger partial charge in [-0.2, -0.15) is 10.5 Å². The van der Waals surface area contributed by atoms with E-state index in [1.165, 1.54) is 100 Å². The predicted octanol–water partition coefficient (Wildman–Crippen LogP) is 26.2. The van der Waals surface area contributed by atoms with Crippen LogP contribution in [-0.2, 0) is 12.8 Å². The van der Waals surface area contributed by atoms with Gasteiger partial charge < -0.3 is 18.3 Å². The summed E-state index contributed by atoms with van der Waals surface area (Å²) in [7, 11) is 0. The number of benzene rings is 16. The summed E-state index contributed by atoms with van der Waals surface area (Å²) in [6, 6.07) is 129. The molecule has 504 valence electrons. The van der Waals surface area contributed by atoms with E-state index in [2.05, 4.69) is 360 Å². The van der Waals surface area contributed by atoms with Gasteiger partial charge in [0.25, 0.3) is 0 Å². The van der Waals surface area contributed by atoms with E-state index in [0.717, 1.165) is 123 Å². The Morgan fingerprint density at radius 3 is 1.03 bits per heavy atom. The minimum atomic E-state index is 0.452. The van der Waals surface area contributed by atoms with E-state index in [9.17, 15) is 10.5 Å². The van der Waals surface area contributed by atoms with Gasteiger partial charge in [-0.05, 0) is 266 Å². The summed E-state index contributed by atoms with van der Waals surface area (Å²) in [5, 5.41) is 29.5. The first kappa shape index (κ1) is 62.3. The predicted molar refractivity (Wildman–Crippen MR) is 448 cm³/mol. The van der Waals surface area contributed by atoms with Crippen molar-refractivity contribution in [1.82, 2.24) is 18.3 Å². The average Bonchev–Trinajstić information content (AvgIpc) is 1.58. The highest BCUT2D eigenvalue weighted by atomic mass is 15.0. The van der Waals surface area contributed by atoms with Crippen molar-refractivity contribution in [3.05, 3.63) is 373 Å². The van der Waals surface area contributed by atoms with Crippen LogP contribution in [-0.4, -0.2) is 18.3 Å². The Morgan fingerprint density at radius 1 is 0.231 bits per heavy atom.